The highest BCUT2D eigenvalue weighted by Gasteiger charge is 2.30. The van der Waals surface area contributed by atoms with Gasteiger partial charge in [0.25, 0.3) is 12.3 Å². The smallest absolute Gasteiger partial charge is 0.410 e. The van der Waals surface area contributed by atoms with Crippen molar-refractivity contribution in [2.75, 3.05) is 83.4 Å². The third-order valence-corrected chi connectivity index (χ3v) is 9.37. The minimum absolute atomic E-state index is 0.141. The van der Waals surface area contributed by atoms with Crippen molar-refractivity contribution in [2.45, 2.75) is 25.3 Å². The Hall–Kier alpha value is -4.02. The van der Waals surface area contributed by atoms with Crippen LogP contribution in [0.5, 0.6) is 5.75 Å². The number of piperidine rings is 1. The van der Waals surface area contributed by atoms with E-state index in [1.807, 2.05) is 12.1 Å². The number of amides is 2. The fourth-order valence-electron chi connectivity index (χ4n) is 5.97. The van der Waals surface area contributed by atoms with Gasteiger partial charge in [-0.05, 0) is 24.5 Å². The zero-order valence-electron chi connectivity index (χ0n) is 24.9. The lowest BCUT2D eigenvalue weighted by Crippen LogP contribution is -2.47. The third kappa shape index (κ3) is 6.67. The second-order valence-electron chi connectivity index (χ2n) is 11.1. The van der Waals surface area contributed by atoms with E-state index in [0.29, 0.717) is 63.7 Å². The first-order valence-electron chi connectivity index (χ1n) is 14.9. The number of nitrogens with zero attached hydrogens (tertiary/aromatic N) is 6. The Kier molecular flexibility index (Phi) is 9.32. The molecule has 0 aromatic carbocycles. The van der Waals surface area contributed by atoms with Gasteiger partial charge in [0.1, 0.15) is 29.1 Å². The van der Waals surface area contributed by atoms with Crippen molar-refractivity contribution < 1.29 is 32.6 Å². The van der Waals surface area contributed by atoms with Gasteiger partial charge in [-0.15, -0.1) is 11.3 Å². The molecule has 242 valence electrons. The monoisotopic (exact) mass is 646 g/mol. The van der Waals surface area contributed by atoms with Gasteiger partial charge in [-0.2, -0.15) is 5.10 Å². The molecule has 6 heterocycles. The second kappa shape index (κ2) is 13.5. The molecule has 2 fully saturated rings. The summed E-state index contributed by atoms with van der Waals surface area (Å²) in [5, 5.41) is 7.51. The first-order chi connectivity index (χ1) is 21.8. The van der Waals surface area contributed by atoms with Crippen LogP contribution < -0.4 is 20.7 Å². The predicted molar refractivity (Wildman–Crippen MR) is 164 cm³/mol. The number of nitrogens with one attached hydrogen (secondary N) is 1. The van der Waals surface area contributed by atoms with Gasteiger partial charge >= 0.3 is 6.09 Å². The molecule has 45 heavy (non-hydrogen) atoms. The fraction of sp³-hybridized carbons (Fsp3) is 0.517. The average molecular weight is 647 g/mol. The van der Waals surface area contributed by atoms with Crippen LogP contribution in [-0.4, -0.2) is 115 Å². The summed E-state index contributed by atoms with van der Waals surface area (Å²) in [7, 11) is 1.35. The molecule has 2 amide bonds. The number of carbonyl (C=O) groups excluding carboxylic acids is 2. The SMILES string of the molecule is COC(=O)N1CC=C(c2cc(N3CCC[C@@H](NC(=O)c4sc(C(F)F)cc4OCCN4CCOCC4)C3)c3c(N)ncnn23)C1. The molecule has 0 spiro atoms. The standard InChI is InChI=1S/C29H36F2N8O5S/c1-42-29(41)38-6-4-18(15-38)20-13-21(24-27(32)33-17-34-39(20)24)37-5-2-3-19(16-37)35-28(40)25-22(14-23(45-25)26(30)31)44-12-9-36-7-10-43-11-8-36/h4,13-14,17,19,26H,2-3,5-12,15-16H2,1H3,(H,35,40)(H2,32,33,34)/t19-/m1/s1. The van der Waals surface area contributed by atoms with Crippen LogP contribution in [0.25, 0.3) is 11.1 Å². The Morgan fingerprint density at radius 2 is 2.07 bits per heavy atom. The summed E-state index contributed by atoms with van der Waals surface area (Å²) < 4.78 is 45.1. The van der Waals surface area contributed by atoms with E-state index in [-0.39, 0.29) is 28.2 Å². The molecule has 3 aliphatic rings. The largest absolute Gasteiger partial charge is 0.491 e. The van der Waals surface area contributed by atoms with Crippen molar-refractivity contribution in [3.05, 3.63) is 40.0 Å². The maximum Gasteiger partial charge on any atom is 0.410 e. The van der Waals surface area contributed by atoms with Gasteiger partial charge in [0, 0.05) is 51.4 Å². The summed E-state index contributed by atoms with van der Waals surface area (Å²) in [5.41, 5.74) is 9.46. The first-order valence-corrected chi connectivity index (χ1v) is 15.7. The summed E-state index contributed by atoms with van der Waals surface area (Å²) in [6.45, 7) is 5.68. The number of anilines is 2. The molecule has 6 rings (SSSR count). The molecular formula is C29H36F2N8O5S. The Bertz CT molecular complexity index is 1570. The highest BCUT2D eigenvalue weighted by molar-refractivity contribution is 7.14. The van der Waals surface area contributed by atoms with Gasteiger partial charge in [0.2, 0.25) is 0 Å². The molecule has 1 atom stereocenters. The number of methoxy groups -OCH3 is 1. The van der Waals surface area contributed by atoms with Gasteiger partial charge in [-0.1, -0.05) is 6.08 Å². The molecule has 0 aliphatic carbocycles. The van der Waals surface area contributed by atoms with Gasteiger partial charge in [0.15, 0.2) is 5.82 Å². The molecule has 3 N–H and O–H groups in total. The number of aromatic nitrogens is 3. The lowest BCUT2D eigenvalue weighted by Gasteiger charge is -2.34. The maximum atomic E-state index is 13.6. The van der Waals surface area contributed by atoms with Crippen molar-refractivity contribution >= 4 is 45.9 Å². The van der Waals surface area contributed by atoms with E-state index >= 15 is 0 Å². The molecule has 2 saturated heterocycles. The highest BCUT2D eigenvalue weighted by atomic mass is 32.1. The van der Waals surface area contributed by atoms with Crippen LogP contribution in [0.4, 0.5) is 25.1 Å². The molecular weight excluding hydrogens is 610 g/mol. The number of nitrogen functional groups attached to an aromatic ring is 1. The van der Waals surface area contributed by atoms with Crippen LogP contribution in [0.3, 0.4) is 0 Å². The number of nitrogens with two attached hydrogens (primary N) is 1. The Labute approximate surface area is 262 Å². The van der Waals surface area contributed by atoms with Crippen molar-refractivity contribution in [1.82, 2.24) is 29.7 Å². The first kappa shape index (κ1) is 31.0. The second-order valence-corrected chi connectivity index (χ2v) is 12.2. The van der Waals surface area contributed by atoms with Crippen LogP contribution in [0.1, 0.15) is 39.5 Å². The number of alkyl halides is 2. The minimum Gasteiger partial charge on any atom is -0.491 e. The van der Waals surface area contributed by atoms with Gasteiger partial charge in [-0.3, -0.25) is 9.69 Å². The number of hydrogen-bond donors (Lipinski definition) is 2. The quantitative estimate of drug-likeness (QED) is 0.357. The van der Waals surface area contributed by atoms with E-state index in [1.165, 1.54) is 19.5 Å². The molecule has 3 aliphatic heterocycles. The van der Waals surface area contributed by atoms with Crippen LogP contribution in [-0.2, 0) is 9.47 Å². The summed E-state index contributed by atoms with van der Waals surface area (Å²) in [6, 6.07) is 2.99. The molecule has 13 nitrogen and oxygen atoms in total. The number of fused-ring (bicyclic) bond motifs is 1. The van der Waals surface area contributed by atoms with E-state index in [4.69, 9.17) is 19.9 Å². The predicted octanol–water partition coefficient (Wildman–Crippen LogP) is 2.89. The van der Waals surface area contributed by atoms with Crippen LogP contribution in [0.15, 0.2) is 24.5 Å². The van der Waals surface area contributed by atoms with Crippen molar-refractivity contribution in [2.24, 2.45) is 0 Å². The van der Waals surface area contributed by atoms with Gasteiger partial charge < -0.3 is 35.1 Å². The van der Waals surface area contributed by atoms with E-state index in [2.05, 4.69) is 25.2 Å². The lowest BCUT2D eigenvalue weighted by atomic mass is 10.0. The fourth-order valence-corrected chi connectivity index (χ4v) is 6.83. The number of morpholine rings is 1. The van der Waals surface area contributed by atoms with E-state index < -0.39 is 18.4 Å². The number of halogens is 2. The minimum atomic E-state index is -2.71. The van der Waals surface area contributed by atoms with Gasteiger partial charge in [0.05, 0.1) is 43.1 Å². The molecule has 0 bridgehead atoms. The van der Waals surface area contributed by atoms with Crippen LogP contribution in [0.2, 0.25) is 0 Å². The zero-order chi connectivity index (χ0) is 31.5. The third-order valence-electron chi connectivity index (χ3n) is 8.25. The molecule has 3 aromatic rings. The molecule has 16 heteroatoms. The number of carbonyl (C=O) groups is 2. The molecule has 0 unspecified atom stereocenters. The number of thiophene rings is 1. The van der Waals surface area contributed by atoms with Crippen molar-refractivity contribution in [3.63, 3.8) is 0 Å². The van der Waals surface area contributed by atoms with E-state index in [9.17, 15) is 18.4 Å². The number of ether oxygens (including phenoxy) is 3. The number of hydrogen-bond acceptors (Lipinski definition) is 11. The Morgan fingerprint density at radius 3 is 2.84 bits per heavy atom. The molecule has 3 aromatic heterocycles. The van der Waals surface area contributed by atoms with Crippen LogP contribution >= 0.6 is 11.3 Å². The Balaban J connectivity index is 1.17. The summed E-state index contributed by atoms with van der Waals surface area (Å²) in [4.78, 5) is 35.6. The van der Waals surface area contributed by atoms with E-state index in [1.54, 1.807) is 9.42 Å². The number of rotatable bonds is 9. The molecule has 0 saturated carbocycles. The van der Waals surface area contributed by atoms with Crippen molar-refractivity contribution in [3.8, 4) is 5.75 Å². The highest BCUT2D eigenvalue weighted by Crippen LogP contribution is 2.37. The zero-order valence-corrected chi connectivity index (χ0v) is 25.7. The summed E-state index contributed by atoms with van der Waals surface area (Å²) in [5.74, 6) is 0.0368. The summed E-state index contributed by atoms with van der Waals surface area (Å²) >= 11 is 0.759. The normalized spacial score (nSPS) is 19.3. The maximum absolute atomic E-state index is 13.6. The van der Waals surface area contributed by atoms with Gasteiger partial charge in [-0.25, -0.2) is 23.1 Å². The lowest BCUT2D eigenvalue weighted by molar-refractivity contribution is 0.0322. The topological polar surface area (TPSA) is 140 Å². The van der Waals surface area contributed by atoms with E-state index in [0.717, 1.165) is 47.8 Å². The summed E-state index contributed by atoms with van der Waals surface area (Å²) in [6.07, 6.45) is 1.71. The van der Waals surface area contributed by atoms with Crippen LogP contribution in [0, 0.1) is 0 Å². The van der Waals surface area contributed by atoms with Crippen molar-refractivity contribution in [1.29, 1.82) is 0 Å². The molecule has 0 radical (unpaired) electrons. The Morgan fingerprint density at radius 1 is 1.24 bits per heavy atom. The average Bonchev–Trinajstić information content (AvgIpc) is 3.79.